The van der Waals surface area contributed by atoms with Crippen molar-refractivity contribution in [2.75, 3.05) is 24.5 Å². The number of likely N-dealkylation sites (tertiary alicyclic amines) is 1. The number of anilines is 2. The summed E-state index contributed by atoms with van der Waals surface area (Å²) in [6.07, 6.45) is 6.83. The zero-order valence-electron chi connectivity index (χ0n) is 19.6. The fraction of sp³-hybridized carbons (Fsp3) is 0.385. The van der Waals surface area contributed by atoms with E-state index in [0.717, 1.165) is 29.1 Å². The minimum atomic E-state index is -1.17. The predicted molar refractivity (Wildman–Crippen MR) is 130 cm³/mol. The van der Waals surface area contributed by atoms with Gasteiger partial charge in [0.05, 0.1) is 5.56 Å². The van der Waals surface area contributed by atoms with Crippen molar-refractivity contribution in [1.29, 1.82) is 0 Å². The van der Waals surface area contributed by atoms with Crippen molar-refractivity contribution in [3.63, 3.8) is 0 Å². The first-order chi connectivity index (χ1) is 16.3. The Morgan fingerprint density at radius 2 is 1.94 bits per heavy atom. The third-order valence-electron chi connectivity index (χ3n) is 7.14. The SMILES string of the molecule is C=C1CCN(c2ccn3c(=O)c(C)cnc3c2)c2ncc(C(=O)N3CCC(F)(CC)CC3)cc21. The maximum absolute atomic E-state index is 14.6. The molecule has 1 amide bonds. The average Bonchev–Trinajstić information content (AvgIpc) is 2.86. The van der Waals surface area contributed by atoms with Crippen molar-refractivity contribution >= 4 is 28.6 Å². The van der Waals surface area contributed by atoms with Crippen LogP contribution < -0.4 is 10.5 Å². The molecular formula is C26H28FN5O2. The summed E-state index contributed by atoms with van der Waals surface area (Å²) in [5.41, 5.74) is 3.00. The number of hydrogen-bond donors (Lipinski definition) is 0. The molecule has 3 aromatic rings. The Labute approximate surface area is 197 Å². The summed E-state index contributed by atoms with van der Waals surface area (Å²) in [5.74, 6) is 0.599. The molecule has 3 aromatic heterocycles. The van der Waals surface area contributed by atoms with Crippen molar-refractivity contribution < 1.29 is 9.18 Å². The summed E-state index contributed by atoms with van der Waals surface area (Å²) in [7, 11) is 0. The molecule has 8 heteroatoms. The van der Waals surface area contributed by atoms with Gasteiger partial charge in [0.15, 0.2) is 0 Å². The van der Waals surface area contributed by atoms with Crippen molar-refractivity contribution in [3.8, 4) is 0 Å². The highest BCUT2D eigenvalue weighted by Crippen LogP contribution is 2.37. The molecule has 1 fully saturated rings. The number of fused-ring (bicyclic) bond motifs is 2. The molecule has 0 spiro atoms. The number of rotatable bonds is 3. The monoisotopic (exact) mass is 461 g/mol. The van der Waals surface area contributed by atoms with Gasteiger partial charge in [0, 0.05) is 61.1 Å². The Kier molecular flexibility index (Phi) is 5.46. The molecule has 5 heterocycles. The van der Waals surface area contributed by atoms with Crippen molar-refractivity contribution in [1.82, 2.24) is 19.3 Å². The molecule has 0 aromatic carbocycles. The molecule has 176 valence electrons. The van der Waals surface area contributed by atoms with Gasteiger partial charge >= 0.3 is 0 Å². The normalized spacial score (nSPS) is 17.7. The second-order valence-corrected chi connectivity index (χ2v) is 9.26. The largest absolute Gasteiger partial charge is 0.338 e. The summed E-state index contributed by atoms with van der Waals surface area (Å²) in [6, 6.07) is 5.59. The van der Waals surface area contributed by atoms with E-state index in [4.69, 9.17) is 0 Å². The summed E-state index contributed by atoms with van der Waals surface area (Å²) >= 11 is 0. The number of aryl methyl sites for hydroxylation is 1. The number of halogens is 1. The minimum absolute atomic E-state index is 0.0908. The lowest BCUT2D eigenvalue weighted by Crippen LogP contribution is -2.44. The number of carbonyl (C=O) groups is 1. The van der Waals surface area contributed by atoms with E-state index in [1.807, 2.05) is 25.1 Å². The van der Waals surface area contributed by atoms with Gasteiger partial charge in [-0.1, -0.05) is 13.5 Å². The second-order valence-electron chi connectivity index (χ2n) is 9.26. The molecule has 5 rings (SSSR count). The Bertz CT molecular complexity index is 1360. The number of nitrogens with zero attached hydrogens (tertiary/aromatic N) is 5. The van der Waals surface area contributed by atoms with Gasteiger partial charge < -0.3 is 9.80 Å². The van der Waals surface area contributed by atoms with Gasteiger partial charge in [0.2, 0.25) is 0 Å². The van der Waals surface area contributed by atoms with E-state index in [9.17, 15) is 14.0 Å². The van der Waals surface area contributed by atoms with Gasteiger partial charge in [-0.15, -0.1) is 0 Å². The van der Waals surface area contributed by atoms with Crippen LogP contribution in [0.15, 0.2) is 48.2 Å². The van der Waals surface area contributed by atoms with Gasteiger partial charge in [-0.05, 0) is 50.3 Å². The number of aromatic nitrogens is 3. The minimum Gasteiger partial charge on any atom is -0.338 e. The number of carbonyl (C=O) groups excluding carboxylic acids is 1. The van der Waals surface area contributed by atoms with Crippen molar-refractivity contribution in [3.05, 3.63) is 70.4 Å². The van der Waals surface area contributed by atoms with Crippen LogP contribution in [-0.4, -0.2) is 50.5 Å². The van der Waals surface area contributed by atoms with Crippen molar-refractivity contribution in [2.45, 2.75) is 45.2 Å². The zero-order chi connectivity index (χ0) is 24.0. The first-order valence-corrected chi connectivity index (χ1v) is 11.7. The Morgan fingerprint density at radius 1 is 1.18 bits per heavy atom. The standard InChI is InChI=1S/C26H28FN5O2/c1-4-26(27)7-11-30(12-8-26)25(34)19-13-21-17(2)5-9-31(23(21)29-16-19)20-6-10-32-22(14-20)28-15-18(3)24(32)33/h6,10,13-16H,2,4-5,7-9,11-12H2,1,3H3. The molecule has 0 saturated carbocycles. The highest BCUT2D eigenvalue weighted by atomic mass is 19.1. The number of alkyl halides is 1. The fourth-order valence-corrected chi connectivity index (χ4v) is 4.76. The van der Waals surface area contributed by atoms with Crippen LogP contribution in [0.25, 0.3) is 11.2 Å². The predicted octanol–water partition coefficient (Wildman–Crippen LogP) is 4.31. The molecule has 0 radical (unpaired) electrons. The molecule has 7 nitrogen and oxygen atoms in total. The Balaban J connectivity index is 1.45. The molecule has 2 aliphatic heterocycles. The van der Waals surface area contributed by atoms with E-state index < -0.39 is 5.67 Å². The van der Waals surface area contributed by atoms with Gasteiger partial charge in [0.25, 0.3) is 11.5 Å². The van der Waals surface area contributed by atoms with Gasteiger partial charge in [-0.2, -0.15) is 0 Å². The average molecular weight is 462 g/mol. The molecule has 0 N–H and O–H groups in total. The summed E-state index contributed by atoms with van der Waals surface area (Å²) in [4.78, 5) is 38.3. The van der Waals surface area contributed by atoms with Crippen LogP contribution in [-0.2, 0) is 0 Å². The number of amides is 1. The molecule has 0 bridgehead atoms. The van der Waals surface area contributed by atoms with Crippen molar-refractivity contribution in [2.24, 2.45) is 0 Å². The molecule has 34 heavy (non-hydrogen) atoms. The summed E-state index contributed by atoms with van der Waals surface area (Å²) in [6.45, 7) is 9.30. The van der Waals surface area contributed by atoms with Crippen LogP contribution in [0.3, 0.4) is 0 Å². The van der Waals surface area contributed by atoms with E-state index in [2.05, 4.69) is 21.4 Å². The number of pyridine rings is 2. The van der Waals surface area contributed by atoms with E-state index in [0.29, 0.717) is 55.7 Å². The quantitative estimate of drug-likeness (QED) is 0.581. The van der Waals surface area contributed by atoms with Gasteiger partial charge in [0.1, 0.15) is 17.1 Å². The molecule has 0 unspecified atom stereocenters. The topological polar surface area (TPSA) is 70.8 Å². The summed E-state index contributed by atoms with van der Waals surface area (Å²) < 4.78 is 16.1. The molecule has 1 saturated heterocycles. The van der Waals surface area contributed by atoms with E-state index in [-0.39, 0.29) is 11.5 Å². The maximum Gasteiger partial charge on any atom is 0.260 e. The van der Waals surface area contributed by atoms with Crippen LogP contribution in [0.2, 0.25) is 0 Å². The van der Waals surface area contributed by atoms with Crippen LogP contribution in [0.1, 0.15) is 54.1 Å². The lowest BCUT2D eigenvalue weighted by Gasteiger charge is -2.36. The number of hydrogen-bond acceptors (Lipinski definition) is 5. The summed E-state index contributed by atoms with van der Waals surface area (Å²) in [5, 5.41) is 0. The molecule has 0 aliphatic carbocycles. The first-order valence-electron chi connectivity index (χ1n) is 11.7. The second kappa shape index (κ2) is 8.34. The van der Waals surface area contributed by atoms with Crippen LogP contribution in [0.5, 0.6) is 0 Å². The first kappa shape index (κ1) is 22.3. The van der Waals surface area contributed by atoms with E-state index in [1.165, 1.54) is 4.40 Å². The number of piperidine rings is 1. The highest BCUT2D eigenvalue weighted by molar-refractivity contribution is 5.96. The molecule has 2 aliphatic rings. The van der Waals surface area contributed by atoms with E-state index >= 15 is 0 Å². The third kappa shape index (κ3) is 3.77. The lowest BCUT2D eigenvalue weighted by atomic mass is 9.90. The molecular weight excluding hydrogens is 433 g/mol. The van der Waals surface area contributed by atoms with Crippen LogP contribution in [0, 0.1) is 6.92 Å². The van der Waals surface area contributed by atoms with Gasteiger partial charge in [-0.25, -0.2) is 14.4 Å². The lowest BCUT2D eigenvalue weighted by molar-refractivity contribution is 0.0419. The maximum atomic E-state index is 14.6. The highest BCUT2D eigenvalue weighted by Gasteiger charge is 2.35. The third-order valence-corrected chi connectivity index (χ3v) is 7.14. The van der Waals surface area contributed by atoms with Crippen LogP contribution in [0.4, 0.5) is 15.9 Å². The van der Waals surface area contributed by atoms with Gasteiger partial charge in [-0.3, -0.25) is 14.0 Å². The van der Waals surface area contributed by atoms with Crippen LogP contribution >= 0.6 is 0 Å². The Morgan fingerprint density at radius 3 is 2.68 bits per heavy atom. The zero-order valence-corrected chi connectivity index (χ0v) is 19.6. The smallest absolute Gasteiger partial charge is 0.260 e. The molecule has 0 atom stereocenters. The van der Waals surface area contributed by atoms with E-state index in [1.54, 1.807) is 30.4 Å². The Hall–Kier alpha value is -3.55. The fourth-order valence-electron chi connectivity index (χ4n) is 4.76.